The highest BCUT2D eigenvalue weighted by atomic mass is 16.5. The molecule has 0 aromatic carbocycles. The van der Waals surface area contributed by atoms with Crippen LogP contribution in [0.1, 0.15) is 26.7 Å². The number of nitrogens with one attached hydrogen (secondary N) is 1. The molecule has 0 fully saturated rings. The topological polar surface area (TPSA) is 77.8 Å². The first-order valence-corrected chi connectivity index (χ1v) is 6.46. The maximum Gasteiger partial charge on any atom is 0.323 e. The zero-order valence-corrected chi connectivity index (χ0v) is 11.2. The van der Waals surface area contributed by atoms with Gasteiger partial charge >= 0.3 is 6.01 Å². The number of rotatable bonds is 7. The van der Waals surface area contributed by atoms with E-state index in [0.29, 0.717) is 24.5 Å². The first-order chi connectivity index (χ1) is 9.33. The summed E-state index contributed by atoms with van der Waals surface area (Å²) in [7, 11) is 0. The Kier molecular flexibility index (Phi) is 4.66. The van der Waals surface area contributed by atoms with Gasteiger partial charge in [-0.15, -0.1) is 0 Å². The Balaban J connectivity index is 2.25. The highest BCUT2D eigenvalue weighted by Crippen LogP contribution is 2.10. The largest absolute Gasteiger partial charge is 0.463 e. The van der Waals surface area contributed by atoms with E-state index in [0.717, 1.165) is 19.4 Å². The molecular formula is C12H18N6O. The van der Waals surface area contributed by atoms with Gasteiger partial charge in [-0.3, -0.25) is 0 Å². The summed E-state index contributed by atoms with van der Waals surface area (Å²) in [5.74, 6) is 0.957. The van der Waals surface area contributed by atoms with Gasteiger partial charge in [0.15, 0.2) is 0 Å². The first-order valence-electron chi connectivity index (χ1n) is 6.46. The average molecular weight is 262 g/mol. The van der Waals surface area contributed by atoms with E-state index in [1.807, 2.05) is 13.0 Å². The van der Waals surface area contributed by atoms with Gasteiger partial charge in [0.25, 0.3) is 5.95 Å². The van der Waals surface area contributed by atoms with E-state index < -0.39 is 0 Å². The minimum atomic E-state index is 0.320. The van der Waals surface area contributed by atoms with E-state index in [9.17, 15) is 0 Å². The van der Waals surface area contributed by atoms with E-state index in [-0.39, 0.29) is 0 Å². The molecule has 0 saturated heterocycles. The zero-order valence-electron chi connectivity index (χ0n) is 11.2. The lowest BCUT2D eigenvalue weighted by Gasteiger charge is -2.08. The average Bonchev–Trinajstić information content (AvgIpc) is 2.97. The lowest BCUT2D eigenvalue weighted by Crippen LogP contribution is -2.12. The molecule has 0 aliphatic carbocycles. The van der Waals surface area contributed by atoms with Crippen molar-refractivity contribution in [1.82, 2.24) is 24.7 Å². The van der Waals surface area contributed by atoms with Crippen molar-refractivity contribution in [2.45, 2.75) is 26.7 Å². The van der Waals surface area contributed by atoms with Crippen molar-refractivity contribution in [2.75, 3.05) is 18.5 Å². The molecule has 0 saturated carbocycles. The van der Waals surface area contributed by atoms with E-state index in [2.05, 4.69) is 32.3 Å². The van der Waals surface area contributed by atoms with E-state index in [4.69, 9.17) is 4.74 Å². The fraction of sp³-hybridized carbons (Fsp3) is 0.500. The predicted molar refractivity (Wildman–Crippen MR) is 71.5 cm³/mol. The van der Waals surface area contributed by atoms with Gasteiger partial charge in [-0.2, -0.15) is 20.1 Å². The van der Waals surface area contributed by atoms with Crippen molar-refractivity contribution in [3.63, 3.8) is 0 Å². The molecule has 2 aromatic rings. The van der Waals surface area contributed by atoms with Crippen LogP contribution in [0.4, 0.5) is 5.95 Å². The molecule has 102 valence electrons. The van der Waals surface area contributed by atoms with Crippen molar-refractivity contribution >= 4 is 5.95 Å². The quantitative estimate of drug-likeness (QED) is 0.817. The van der Waals surface area contributed by atoms with Crippen LogP contribution in [0.3, 0.4) is 0 Å². The highest BCUT2D eigenvalue weighted by Gasteiger charge is 2.08. The van der Waals surface area contributed by atoms with Crippen molar-refractivity contribution in [3.05, 3.63) is 18.5 Å². The molecular weight excluding hydrogens is 244 g/mol. The summed E-state index contributed by atoms with van der Waals surface area (Å²) >= 11 is 0. The third kappa shape index (κ3) is 3.64. The molecule has 19 heavy (non-hydrogen) atoms. The van der Waals surface area contributed by atoms with Crippen LogP contribution in [0.25, 0.3) is 5.95 Å². The second-order valence-corrected chi connectivity index (χ2v) is 3.97. The summed E-state index contributed by atoms with van der Waals surface area (Å²) in [6.45, 7) is 5.49. The fourth-order valence-corrected chi connectivity index (χ4v) is 1.41. The second kappa shape index (κ2) is 6.67. The monoisotopic (exact) mass is 262 g/mol. The third-order valence-electron chi connectivity index (χ3n) is 2.28. The van der Waals surface area contributed by atoms with Crippen LogP contribution in [0.2, 0.25) is 0 Å². The van der Waals surface area contributed by atoms with Gasteiger partial charge in [0, 0.05) is 18.9 Å². The van der Waals surface area contributed by atoms with Gasteiger partial charge < -0.3 is 10.1 Å². The fourth-order valence-electron chi connectivity index (χ4n) is 1.41. The highest BCUT2D eigenvalue weighted by molar-refractivity contribution is 5.29. The lowest BCUT2D eigenvalue weighted by atomic mass is 10.5. The Morgan fingerprint density at radius 3 is 2.79 bits per heavy atom. The molecule has 2 aromatic heterocycles. The lowest BCUT2D eigenvalue weighted by molar-refractivity contribution is 0.291. The number of hydrogen-bond acceptors (Lipinski definition) is 6. The minimum Gasteiger partial charge on any atom is -0.463 e. The van der Waals surface area contributed by atoms with Gasteiger partial charge in [-0.05, 0) is 18.9 Å². The Morgan fingerprint density at radius 1 is 1.21 bits per heavy atom. The van der Waals surface area contributed by atoms with Gasteiger partial charge in [-0.1, -0.05) is 13.8 Å². The minimum absolute atomic E-state index is 0.320. The van der Waals surface area contributed by atoms with Gasteiger partial charge in [0.2, 0.25) is 5.95 Å². The van der Waals surface area contributed by atoms with E-state index in [1.54, 1.807) is 17.1 Å². The molecule has 0 amide bonds. The maximum atomic E-state index is 5.47. The summed E-state index contributed by atoms with van der Waals surface area (Å²) < 4.78 is 7.05. The summed E-state index contributed by atoms with van der Waals surface area (Å²) in [5.41, 5.74) is 0. The SMILES string of the molecule is CCCNc1nc(OCCC)nc(-n2cccn2)n1. The van der Waals surface area contributed by atoms with Crippen LogP contribution in [-0.2, 0) is 0 Å². The van der Waals surface area contributed by atoms with Crippen molar-refractivity contribution in [2.24, 2.45) is 0 Å². The van der Waals surface area contributed by atoms with E-state index in [1.165, 1.54) is 0 Å². The smallest absolute Gasteiger partial charge is 0.323 e. The standard InChI is InChI=1S/C12H18N6O/c1-3-6-13-10-15-11(18-8-5-7-14-18)17-12(16-10)19-9-4-2/h5,7-8H,3-4,6,9H2,1-2H3,(H,13,15,16,17). The normalized spacial score (nSPS) is 10.4. The van der Waals surface area contributed by atoms with Crippen LogP contribution < -0.4 is 10.1 Å². The van der Waals surface area contributed by atoms with Crippen molar-refractivity contribution < 1.29 is 4.74 Å². The van der Waals surface area contributed by atoms with Crippen LogP contribution in [0, 0.1) is 0 Å². The molecule has 0 atom stereocenters. The Morgan fingerprint density at radius 2 is 2.11 bits per heavy atom. The van der Waals surface area contributed by atoms with Gasteiger partial charge in [0.05, 0.1) is 6.61 Å². The summed E-state index contributed by atoms with van der Waals surface area (Å²) in [6, 6.07) is 2.14. The second-order valence-electron chi connectivity index (χ2n) is 3.97. The Labute approximate surface area is 112 Å². The van der Waals surface area contributed by atoms with Crippen LogP contribution in [-0.4, -0.2) is 37.9 Å². The number of hydrogen-bond donors (Lipinski definition) is 1. The molecule has 0 bridgehead atoms. The predicted octanol–water partition coefficient (Wildman–Crippen LogP) is 1.67. The summed E-state index contributed by atoms with van der Waals surface area (Å²) in [5, 5.41) is 7.24. The molecule has 1 N–H and O–H groups in total. The van der Waals surface area contributed by atoms with Gasteiger partial charge in [-0.25, -0.2) is 4.68 Å². The first kappa shape index (κ1) is 13.3. The molecule has 2 rings (SSSR count). The van der Waals surface area contributed by atoms with Crippen LogP contribution in [0.15, 0.2) is 18.5 Å². The molecule has 7 nitrogen and oxygen atoms in total. The summed E-state index contributed by atoms with van der Waals surface area (Å²) in [4.78, 5) is 12.8. The number of nitrogens with zero attached hydrogens (tertiary/aromatic N) is 5. The van der Waals surface area contributed by atoms with Crippen molar-refractivity contribution in [3.8, 4) is 12.0 Å². The molecule has 0 unspecified atom stereocenters. The van der Waals surface area contributed by atoms with E-state index >= 15 is 0 Å². The maximum absolute atomic E-state index is 5.47. The molecule has 0 radical (unpaired) electrons. The Bertz CT molecular complexity index is 473. The summed E-state index contributed by atoms with van der Waals surface area (Å²) in [6.07, 6.45) is 5.35. The third-order valence-corrected chi connectivity index (χ3v) is 2.28. The molecule has 2 heterocycles. The van der Waals surface area contributed by atoms with Crippen LogP contribution >= 0.6 is 0 Å². The number of ether oxygens (including phenoxy) is 1. The molecule has 0 aliphatic rings. The Hall–Kier alpha value is -2.18. The molecule has 7 heteroatoms. The van der Waals surface area contributed by atoms with Crippen molar-refractivity contribution in [1.29, 1.82) is 0 Å². The van der Waals surface area contributed by atoms with Crippen LogP contribution in [0.5, 0.6) is 6.01 Å². The van der Waals surface area contributed by atoms with Gasteiger partial charge in [0.1, 0.15) is 0 Å². The number of aromatic nitrogens is 5. The number of anilines is 1. The molecule has 0 aliphatic heterocycles. The zero-order chi connectivity index (χ0) is 13.5. The molecule has 0 spiro atoms.